The molecule has 1 atom stereocenters. The topological polar surface area (TPSA) is 78.5 Å². The molecule has 1 unspecified atom stereocenters. The minimum absolute atomic E-state index is 0.111. The number of imide groups is 1. The third-order valence-electron chi connectivity index (χ3n) is 7.63. The number of nitrogens with one attached hydrogen (secondary N) is 2. The van der Waals surface area contributed by atoms with Gasteiger partial charge in [-0.15, -0.1) is 11.8 Å². The number of carbonyl (C=O) groups excluding carboxylic acids is 3. The Morgan fingerprint density at radius 1 is 0.944 bits per heavy atom. The summed E-state index contributed by atoms with van der Waals surface area (Å²) in [6.45, 7) is 1.38. The molecule has 1 saturated heterocycles. The van der Waals surface area contributed by atoms with Crippen LogP contribution in [0, 0.1) is 0 Å². The number of carbonyl (C=O) groups is 3. The SMILES string of the molecule is O=C1CCC(N2Cc3c(SCCCc4ccc(CNC5CCCCC5)cc4)cccc3C2=O)C(=O)N1. The lowest BCUT2D eigenvalue weighted by molar-refractivity contribution is -0.136. The van der Waals surface area contributed by atoms with E-state index >= 15 is 0 Å². The molecule has 1 aliphatic carbocycles. The minimum atomic E-state index is -0.568. The predicted molar refractivity (Wildman–Crippen MR) is 142 cm³/mol. The first-order valence-electron chi connectivity index (χ1n) is 13.3. The van der Waals surface area contributed by atoms with Gasteiger partial charge in [0.25, 0.3) is 5.91 Å². The second-order valence-corrected chi connectivity index (χ2v) is 11.3. The van der Waals surface area contributed by atoms with E-state index in [1.807, 2.05) is 12.1 Å². The van der Waals surface area contributed by atoms with Gasteiger partial charge in [-0.25, -0.2) is 0 Å². The normalized spacial score (nSPS) is 20.5. The lowest BCUT2D eigenvalue weighted by Gasteiger charge is -2.29. The Labute approximate surface area is 217 Å². The highest BCUT2D eigenvalue weighted by Crippen LogP contribution is 2.34. The molecule has 0 bridgehead atoms. The first-order valence-corrected chi connectivity index (χ1v) is 14.3. The third-order valence-corrected chi connectivity index (χ3v) is 8.82. The lowest BCUT2D eigenvalue weighted by Crippen LogP contribution is -2.52. The molecule has 1 saturated carbocycles. The largest absolute Gasteiger partial charge is 0.322 e. The second kappa shape index (κ2) is 11.6. The predicted octanol–water partition coefficient (Wildman–Crippen LogP) is 4.59. The molecule has 0 spiro atoms. The van der Waals surface area contributed by atoms with Crippen LogP contribution in [0.15, 0.2) is 47.4 Å². The Kier molecular flexibility index (Phi) is 8.07. The van der Waals surface area contributed by atoms with Gasteiger partial charge in [-0.1, -0.05) is 49.6 Å². The van der Waals surface area contributed by atoms with Crippen LogP contribution in [0.1, 0.15) is 78.4 Å². The van der Waals surface area contributed by atoms with E-state index in [9.17, 15) is 14.4 Å². The molecule has 2 N–H and O–H groups in total. The van der Waals surface area contributed by atoms with Gasteiger partial charge in [0, 0.05) is 36.0 Å². The van der Waals surface area contributed by atoms with E-state index in [0.29, 0.717) is 24.6 Å². The summed E-state index contributed by atoms with van der Waals surface area (Å²) >= 11 is 1.78. The molecule has 2 aromatic rings. The van der Waals surface area contributed by atoms with Crippen molar-refractivity contribution >= 4 is 29.5 Å². The van der Waals surface area contributed by atoms with Crippen molar-refractivity contribution in [2.24, 2.45) is 0 Å². The summed E-state index contributed by atoms with van der Waals surface area (Å²) in [6.07, 6.45) is 9.46. The lowest BCUT2D eigenvalue weighted by atomic mass is 9.95. The number of fused-ring (bicyclic) bond motifs is 1. The number of benzene rings is 2. The smallest absolute Gasteiger partial charge is 0.255 e. The van der Waals surface area contributed by atoms with Gasteiger partial charge >= 0.3 is 0 Å². The van der Waals surface area contributed by atoms with Gasteiger partial charge in [0.15, 0.2) is 0 Å². The molecular formula is C29H35N3O3S. The van der Waals surface area contributed by atoms with Crippen LogP contribution >= 0.6 is 11.8 Å². The molecule has 190 valence electrons. The number of piperidine rings is 1. The van der Waals surface area contributed by atoms with E-state index in [1.54, 1.807) is 16.7 Å². The number of rotatable bonds is 9. The Bertz CT molecular complexity index is 1110. The van der Waals surface area contributed by atoms with Crippen molar-refractivity contribution in [3.05, 3.63) is 64.7 Å². The maximum Gasteiger partial charge on any atom is 0.255 e. The monoisotopic (exact) mass is 505 g/mol. The molecule has 0 radical (unpaired) electrons. The molecule has 5 rings (SSSR count). The summed E-state index contributed by atoms with van der Waals surface area (Å²) in [5, 5.41) is 6.08. The minimum Gasteiger partial charge on any atom is -0.322 e. The molecule has 3 amide bonds. The van der Waals surface area contributed by atoms with Crippen LogP contribution in [0.4, 0.5) is 0 Å². The number of thioether (sulfide) groups is 1. The van der Waals surface area contributed by atoms with Crippen molar-refractivity contribution in [1.82, 2.24) is 15.5 Å². The highest BCUT2D eigenvalue weighted by molar-refractivity contribution is 7.99. The zero-order valence-electron chi connectivity index (χ0n) is 20.8. The molecule has 2 heterocycles. The van der Waals surface area contributed by atoms with Crippen molar-refractivity contribution in [2.75, 3.05) is 5.75 Å². The zero-order valence-corrected chi connectivity index (χ0v) is 21.6. The number of amides is 3. The molecule has 7 heteroatoms. The summed E-state index contributed by atoms with van der Waals surface area (Å²) < 4.78 is 0. The van der Waals surface area contributed by atoms with Gasteiger partial charge in [-0.3, -0.25) is 19.7 Å². The average Bonchev–Trinajstić information content (AvgIpc) is 3.23. The number of hydrogen-bond donors (Lipinski definition) is 2. The van der Waals surface area contributed by atoms with Crippen molar-refractivity contribution in [3.8, 4) is 0 Å². The molecule has 2 fully saturated rings. The summed E-state index contributed by atoms with van der Waals surface area (Å²) in [6, 6.07) is 14.9. The summed E-state index contributed by atoms with van der Waals surface area (Å²) in [4.78, 5) is 39.6. The van der Waals surface area contributed by atoms with Gasteiger partial charge in [-0.05, 0) is 66.7 Å². The number of nitrogens with zero attached hydrogens (tertiary/aromatic N) is 1. The summed E-state index contributed by atoms with van der Waals surface area (Å²) in [7, 11) is 0. The van der Waals surface area contributed by atoms with Crippen molar-refractivity contribution < 1.29 is 14.4 Å². The first kappa shape index (κ1) is 25.0. The molecule has 2 aromatic carbocycles. The molecule has 3 aliphatic rings. The Hall–Kier alpha value is -2.64. The van der Waals surface area contributed by atoms with Crippen LogP contribution in [0.3, 0.4) is 0 Å². The third kappa shape index (κ3) is 5.84. The van der Waals surface area contributed by atoms with Crippen molar-refractivity contribution in [1.29, 1.82) is 0 Å². The fraction of sp³-hybridized carbons (Fsp3) is 0.483. The molecule has 36 heavy (non-hydrogen) atoms. The summed E-state index contributed by atoms with van der Waals surface area (Å²) in [5.41, 5.74) is 4.40. The fourth-order valence-corrected chi connectivity index (χ4v) is 6.58. The first-order chi connectivity index (χ1) is 17.6. The van der Waals surface area contributed by atoms with E-state index in [4.69, 9.17) is 0 Å². The Balaban J connectivity index is 1.10. The van der Waals surface area contributed by atoms with E-state index in [1.165, 1.54) is 43.2 Å². The number of aryl methyl sites for hydroxylation is 1. The van der Waals surface area contributed by atoms with Crippen LogP contribution in [-0.2, 0) is 29.1 Å². The van der Waals surface area contributed by atoms with E-state index in [2.05, 4.69) is 41.0 Å². The van der Waals surface area contributed by atoms with Crippen molar-refractivity contribution in [2.45, 2.75) is 87.9 Å². The molecule has 6 nitrogen and oxygen atoms in total. The molecule has 2 aliphatic heterocycles. The van der Waals surface area contributed by atoms with E-state index < -0.39 is 6.04 Å². The summed E-state index contributed by atoms with van der Waals surface area (Å²) in [5.74, 6) is 0.230. The molecular weight excluding hydrogens is 470 g/mol. The highest BCUT2D eigenvalue weighted by Gasteiger charge is 2.39. The maximum absolute atomic E-state index is 13.0. The van der Waals surface area contributed by atoms with E-state index in [0.717, 1.165) is 35.6 Å². The highest BCUT2D eigenvalue weighted by atomic mass is 32.2. The van der Waals surface area contributed by atoms with Gasteiger partial charge < -0.3 is 10.2 Å². The molecule has 0 aromatic heterocycles. The Morgan fingerprint density at radius 2 is 1.72 bits per heavy atom. The van der Waals surface area contributed by atoms with Gasteiger partial charge in [0.05, 0.1) is 0 Å². The Morgan fingerprint density at radius 3 is 2.50 bits per heavy atom. The van der Waals surface area contributed by atoms with Gasteiger partial charge in [0.2, 0.25) is 11.8 Å². The van der Waals surface area contributed by atoms with Crippen LogP contribution in [0.25, 0.3) is 0 Å². The maximum atomic E-state index is 13.0. The van der Waals surface area contributed by atoms with Crippen LogP contribution in [0.2, 0.25) is 0 Å². The number of hydrogen-bond acceptors (Lipinski definition) is 5. The second-order valence-electron chi connectivity index (χ2n) is 10.2. The van der Waals surface area contributed by atoms with Crippen LogP contribution in [-0.4, -0.2) is 40.5 Å². The van der Waals surface area contributed by atoms with Gasteiger partial charge in [-0.2, -0.15) is 0 Å². The van der Waals surface area contributed by atoms with E-state index in [-0.39, 0.29) is 24.1 Å². The van der Waals surface area contributed by atoms with Crippen molar-refractivity contribution in [3.63, 3.8) is 0 Å². The average molecular weight is 506 g/mol. The fourth-order valence-electron chi connectivity index (χ4n) is 5.54. The van der Waals surface area contributed by atoms with Crippen LogP contribution < -0.4 is 10.6 Å². The standard InChI is InChI=1S/C29H35N3O3S/c33-27-16-15-25(28(34)31-27)32-19-24-23(29(32)35)9-4-10-26(24)36-17-5-6-20-11-13-21(14-12-20)18-30-22-7-2-1-3-8-22/h4,9-14,22,25,30H,1-3,5-8,15-19H2,(H,31,33,34). The zero-order chi connectivity index (χ0) is 24.9. The quantitative estimate of drug-likeness (QED) is 0.296. The van der Waals surface area contributed by atoms with Crippen LogP contribution in [0.5, 0.6) is 0 Å². The van der Waals surface area contributed by atoms with Gasteiger partial charge in [0.1, 0.15) is 6.04 Å².